The quantitative estimate of drug-likeness (QED) is 0.548. The molecule has 21 heavy (non-hydrogen) atoms. The van der Waals surface area contributed by atoms with Crippen LogP contribution in [0.5, 0.6) is 5.75 Å². The van der Waals surface area contributed by atoms with Crippen molar-refractivity contribution in [2.24, 2.45) is 0 Å². The Morgan fingerprint density at radius 1 is 0.952 bits per heavy atom. The van der Waals surface area contributed by atoms with Gasteiger partial charge in [0.25, 0.3) is 0 Å². The van der Waals surface area contributed by atoms with Crippen LogP contribution < -0.4 is 4.74 Å². The minimum absolute atomic E-state index is 0.858. The van der Waals surface area contributed by atoms with Crippen molar-refractivity contribution in [3.63, 3.8) is 0 Å². The van der Waals surface area contributed by atoms with Gasteiger partial charge in [-0.3, -0.25) is 0 Å². The zero-order chi connectivity index (χ0) is 14.2. The van der Waals surface area contributed by atoms with E-state index < -0.39 is 0 Å². The summed E-state index contributed by atoms with van der Waals surface area (Å²) in [7, 11) is 1.68. The number of ether oxygens (including phenoxy) is 1. The zero-order valence-electron chi connectivity index (χ0n) is 11.7. The number of nitrogens with zero attached hydrogens (tertiary/aromatic N) is 2. The van der Waals surface area contributed by atoms with Crippen molar-refractivity contribution in [3.05, 3.63) is 66.9 Å². The molecule has 0 atom stereocenters. The van der Waals surface area contributed by atoms with Gasteiger partial charge in [-0.1, -0.05) is 24.3 Å². The van der Waals surface area contributed by atoms with E-state index in [2.05, 4.69) is 53.6 Å². The molecule has 2 heterocycles. The fourth-order valence-corrected chi connectivity index (χ4v) is 2.73. The highest BCUT2D eigenvalue weighted by atomic mass is 16.5. The number of rotatable bonds is 2. The summed E-state index contributed by atoms with van der Waals surface area (Å²) in [6, 6.07) is 20.7. The van der Waals surface area contributed by atoms with E-state index in [1.165, 1.54) is 10.8 Å². The van der Waals surface area contributed by atoms with E-state index in [0.717, 1.165) is 22.5 Å². The summed E-state index contributed by atoms with van der Waals surface area (Å²) in [5, 5.41) is 6.91. The zero-order valence-corrected chi connectivity index (χ0v) is 11.7. The molecule has 2 aromatic heterocycles. The molecule has 3 nitrogen and oxygen atoms in total. The van der Waals surface area contributed by atoms with Crippen molar-refractivity contribution in [1.82, 2.24) is 9.61 Å². The molecule has 0 aliphatic carbocycles. The predicted molar refractivity (Wildman–Crippen MR) is 84.7 cm³/mol. The molecule has 0 bridgehead atoms. The highest BCUT2D eigenvalue weighted by molar-refractivity contribution is 5.98. The van der Waals surface area contributed by atoms with Crippen LogP contribution in [0.4, 0.5) is 0 Å². The minimum atomic E-state index is 0.858. The summed E-state index contributed by atoms with van der Waals surface area (Å²) in [6.07, 6.45) is 1.84. The summed E-state index contributed by atoms with van der Waals surface area (Å²) in [4.78, 5) is 0. The maximum atomic E-state index is 5.23. The topological polar surface area (TPSA) is 26.5 Å². The van der Waals surface area contributed by atoms with Crippen LogP contribution in [0.15, 0.2) is 66.9 Å². The van der Waals surface area contributed by atoms with Crippen LogP contribution in [-0.2, 0) is 0 Å². The van der Waals surface area contributed by atoms with Crippen LogP contribution in [0.2, 0.25) is 0 Å². The van der Waals surface area contributed by atoms with Gasteiger partial charge in [0.05, 0.1) is 24.5 Å². The smallest absolute Gasteiger partial charge is 0.118 e. The number of hydrogen-bond acceptors (Lipinski definition) is 2. The molecule has 0 unspecified atom stereocenters. The Kier molecular flexibility index (Phi) is 2.64. The maximum Gasteiger partial charge on any atom is 0.118 e. The monoisotopic (exact) mass is 274 g/mol. The third-order valence-electron chi connectivity index (χ3n) is 3.79. The summed E-state index contributed by atoms with van der Waals surface area (Å²) in [6.45, 7) is 0. The third-order valence-corrected chi connectivity index (χ3v) is 3.79. The normalized spacial score (nSPS) is 11.1. The molecular weight excluding hydrogens is 260 g/mol. The van der Waals surface area contributed by atoms with E-state index in [9.17, 15) is 0 Å². The molecule has 4 aromatic rings. The molecule has 0 aliphatic heterocycles. The van der Waals surface area contributed by atoms with Crippen LogP contribution in [-0.4, -0.2) is 16.7 Å². The highest BCUT2D eigenvalue weighted by Gasteiger charge is 2.08. The fraction of sp³-hybridized carbons (Fsp3) is 0.0556. The van der Waals surface area contributed by atoms with Crippen molar-refractivity contribution in [1.29, 1.82) is 0 Å². The van der Waals surface area contributed by atoms with Gasteiger partial charge in [-0.2, -0.15) is 5.10 Å². The Labute approximate surface area is 122 Å². The molecule has 0 aliphatic rings. The van der Waals surface area contributed by atoms with Gasteiger partial charge in [-0.25, -0.2) is 4.52 Å². The van der Waals surface area contributed by atoms with E-state index in [1.54, 1.807) is 7.11 Å². The molecule has 2 aromatic carbocycles. The van der Waals surface area contributed by atoms with Crippen molar-refractivity contribution < 1.29 is 4.74 Å². The van der Waals surface area contributed by atoms with Crippen molar-refractivity contribution in [2.45, 2.75) is 0 Å². The predicted octanol–water partition coefficient (Wildman–Crippen LogP) is 4.16. The van der Waals surface area contributed by atoms with Gasteiger partial charge in [0, 0.05) is 10.9 Å². The molecule has 0 saturated heterocycles. The molecule has 0 saturated carbocycles. The summed E-state index contributed by atoms with van der Waals surface area (Å²) in [5.41, 5.74) is 3.32. The van der Waals surface area contributed by atoms with Gasteiger partial charge in [0.2, 0.25) is 0 Å². The van der Waals surface area contributed by atoms with Crippen molar-refractivity contribution in [2.75, 3.05) is 7.11 Å². The number of benzene rings is 2. The average Bonchev–Trinajstić information content (AvgIpc) is 3.04. The average molecular weight is 274 g/mol. The summed E-state index contributed by atoms with van der Waals surface area (Å²) < 4.78 is 7.22. The number of fused-ring (bicyclic) bond motifs is 3. The highest BCUT2D eigenvalue weighted by Crippen LogP contribution is 2.28. The van der Waals surface area contributed by atoms with Crippen molar-refractivity contribution >= 4 is 16.3 Å². The van der Waals surface area contributed by atoms with Gasteiger partial charge >= 0.3 is 0 Å². The Morgan fingerprint density at radius 3 is 2.57 bits per heavy atom. The van der Waals surface area contributed by atoms with Gasteiger partial charge < -0.3 is 4.74 Å². The molecule has 0 N–H and O–H groups in total. The third kappa shape index (κ3) is 1.86. The van der Waals surface area contributed by atoms with Gasteiger partial charge in [-0.05, 0) is 41.8 Å². The van der Waals surface area contributed by atoms with Gasteiger partial charge in [-0.15, -0.1) is 0 Å². The molecule has 0 amide bonds. The molecule has 0 radical (unpaired) electrons. The first-order chi connectivity index (χ1) is 10.4. The lowest BCUT2D eigenvalue weighted by molar-refractivity contribution is 0.415. The van der Waals surface area contributed by atoms with Gasteiger partial charge in [0.15, 0.2) is 0 Å². The second kappa shape index (κ2) is 4.63. The molecule has 0 spiro atoms. The lowest BCUT2D eigenvalue weighted by Crippen LogP contribution is -1.95. The van der Waals surface area contributed by atoms with Crippen molar-refractivity contribution in [3.8, 4) is 17.0 Å². The van der Waals surface area contributed by atoms with Crippen LogP contribution in [0, 0.1) is 0 Å². The van der Waals surface area contributed by atoms with Crippen LogP contribution >= 0.6 is 0 Å². The SMILES string of the molecule is COc1ccc(-c2cc3ccccc3c3ccnn23)cc1. The second-order valence-corrected chi connectivity index (χ2v) is 4.97. The van der Waals surface area contributed by atoms with Gasteiger partial charge in [0.1, 0.15) is 5.75 Å². The molecule has 4 rings (SSSR count). The molecular formula is C18H14N2O. The van der Waals surface area contributed by atoms with Crippen LogP contribution in [0.25, 0.3) is 27.5 Å². The Bertz CT molecular complexity index is 923. The second-order valence-electron chi connectivity index (χ2n) is 4.97. The Morgan fingerprint density at radius 2 is 1.76 bits per heavy atom. The summed E-state index contributed by atoms with van der Waals surface area (Å²) >= 11 is 0. The lowest BCUT2D eigenvalue weighted by Gasteiger charge is -2.09. The first-order valence-corrected chi connectivity index (χ1v) is 6.87. The Balaban J connectivity index is 2.03. The van der Waals surface area contributed by atoms with Crippen LogP contribution in [0.1, 0.15) is 0 Å². The first kappa shape index (κ1) is 12.0. The summed E-state index contributed by atoms with van der Waals surface area (Å²) in [5.74, 6) is 0.858. The fourth-order valence-electron chi connectivity index (χ4n) is 2.73. The molecule has 102 valence electrons. The molecule has 3 heteroatoms. The van der Waals surface area contributed by atoms with E-state index >= 15 is 0 Å². The molecule has 0 fully saturated rings. The number of methoxy groups -OCH3 is 1. The number of hydrogen-bond donors (Lipinski definition) is 0. The maximum absolute atomic E-state index is 5.23. The van der Waals surface area contributed by atoms with E-state index in [0.29, 0.717) is 0 Å². The van der Waals surface area contributed by atoms with E-state index in [-0.39, 0.29) is 0 Å². The number of pyridine rings is 1. The standard InChI is InChI=1S/C18H14N2O/c1-21-15-8-6-13(7-9-15)18-12-14-4-2-3-5-16(14)17-10-11-19-20(17)18/h2-12H,1H3. The van der Waals surface area contributed by atoms with E-state index in [1.807, 2.05) is 22.8 Å². The lowest BCUT2D eigenvalue weighted by atomic mass is 10.1. The number of aromatic nitrogens is 2. The van der Waals surface area contributed by atoms with Crippen LogP contribution in [0.3, 0.4) is 0 Å². The largest absolute Gasteiger partial charge is 0.497 e. The first-order valence-electron chi connectivity index (χ1n) is 6.87. The van der Waals surface area contributed by atoms with E-state index in [4.69, 9.17) is 4.74 Å². The minimum Gasteiger partial charge on any atom is -0.497 e. The Hall–Kier alpha value is -2.81.